The Hall–Kier alpha value is -2.00. The van der Waals surface area contributed by atoms with Gasteiger partial charge in [0.05, 0.1) is 18.6 Å². The van der Waals surface area contributed by atoms with Gasteiger partial charge in [-0.25, -0.2) is 23.1 Å². The summed E-state index contributed by atoms with van der Waals surface area (Å²) in [6.07, 6.45) is 5.70. The zero-order valence-corrected chi connectivity index (χ0v) is 11.3. The Morgan fingerprint density at radius 1 is 1.26 bits per heavy atom. The van der Waals surface area contributed by atoms with Crippen LogP contribution in [0.1, 0.15) is 18.5 Å². The van der Waals surface area contributed by atoms with Crippen molar-refractivity contribution in [1.29, 1.82) is 0 Å². The summed E-state index contributed by atoms with van der Waals surface area (Å²) in [4.78, 5) is 7.76. The molecule has 0 saturated carbocycles. The van der Waals surface area contributed by atoms with Gasteiger partial charge in [0.1, 0.15) is 4.90 Å². The zero-order chi connectivity index (χ0) is 13.9. The second kappa shape index (κ2) is 5.33. The van der Waals surface area contributed by atoms with Gasteiger partial charge < -0.3 is 5.32 Å². The normalized spacial score (nSPS) is 13.2. The van der Waals surface area contributed by atoms with Gasteiger partial charge in [-0.2, -0.15) is 5.10 Å². The van der Waals surface area contributed by atoms with Crippen molar-refractivity contribution < 1.29 is 8.42 Å². The number of anilines is 1. The molecule has 2 aromatic rings. The van der Waals surface area contributed by atoms with Crippen molar-refractivity contribution in [1.82, 2.24) is 24.9 Å². The van der Waals surface area contributed by atoms with Crippen LogP contribution in [0.15, 0.2) is 29.7 Å². The molecule has 2 aromatic heterocycles. The van der Waals surface area contributed by atoms with Crippen LogP contribution in [-0.2, 0) is 10.0 Å². The van der Waals surface area contributed by atoms with Gasteiger partial charge in [0.2, 0.25) is 16.0 Å². The van der Waals surface area contributed by atoms with Crippen LogP contribution in [0.3, 0.4) is 0 Å². The molecule has 0 radical (unpaired) electrons. The molecule has 0 saturated heterocycles. The first kappa shape index (κ1) is 13.4. The summed E-state index contributed by atoms with van der Waals surface area (Å²) < 4.78 is 26.7. The highest BCUT2D eigenvalue weighted by Gasteiger charge is 2.19. The average Bonchev–Trinajstić information content (AvgIpc) is 2.92. The third-order valence-electron chi connectivity index (χ3n) is 2.51. The number of hydrogen-bond acceptors (Lipinski definition) is 6. The van der Waals surface area contributed by atoms with Gasteiger partial charge >= 0.3 is 0 Å². The molecule has 102 valence electrons. The smallest absolute Gasteiger partial charge is 0.244 e. The molecule has 0 aliphatic rings. The molecule has 2 rings (SSSR count). The number of rotatable bonds is 5. The number of hydrogen-bond donors (Lipinski definition) is 3. The Labute approximate surface area is 110 Å². The summed E-state index contributed by atoms with van der Waals surface area (Å²) in [5.41, 5.74) is 0.747. The quantitative estimate of drug-likeness (QED) is 0.726. The van der Waals surface area contributed by atoms with E-state index < -0.39 is 16.1 Å². The van der Waals surface area contributed by atoms with Crippen molar-refractivity contribution in [2.24, 2.45) is 0 Å². The Bertz CT molecular complexity index is 623. The number of sulfonamides is 1. The highest BCUT2D eigenvalue weighted by atomic mass is 32.2. The fourth-order valence-electron chi connectivity index (χ4n) is 1.45. The van der Waals surface area contributed by atoms with Crippen molar-refractivity contribution in [3.63, 3.8) is 0 Å². The third-order valence-corrected chi connectivity index (χ3v) is 4.01. The maximum Gasteiger partial charge on any atom is 0.244 e. The van der Waals surface area contributed by atoms with E-state index in [0.29, 0.717) is 5.95 Å². The van der Waals surface area contributed by atoms with Gasteiger partial charge in [0, 0.05) is 24.8 Å². The van der Waals surface area contributed by atoms with E-state index >= 15 is 0 Å². The molecule has 0 aliphatic carbocycles. The lowest BCUT2D eigenvalue weighted by Gasteiger charge is -2.12. The van der Waals surface area contributed by atoms with Crippen molar-refractivity contribution >= 4 is 16.0 Å². The highest BCUT2D eigenvalue weighted by molar-refractivity contribution is 7.89. The Kier molecular flexibility index (Phi) is 3.76. The SMILES string of the molecule is CNc1ncc(S(=O)(=O)NC(C)c2cn[nH]c2)cn1. The van der Waals surface area contributed by atoms with Crippen LogP contribution in [-0.4, -0.2) is 35.6 Å². The Morgan fingerprint density at radius 3 is 2.47 bits per heavy atom. The second-order valence-electron chi connectivity index (χ2n) is 3.87. The molecule has 19 heavy (non-hydrogen) atoms. The number of nitrogens with zero attached hydrogens (tertiary/aromatic N) is 3. The first-order valence-electron chi connectivity index (χ1n) is 5.54. The van der Waals surface area contributed by atoms with Crippen molar-refractivity contribution in [3.8, 4) is 0 Å². The lowest BCUT2D eigenvalue weighted by Crippen LogP contribution is -2.27. The Morgan fingerprint density at radius 2 is 1.95 bits per heavy atom. The minimum Gasteiger partial charge on any atom is -0.357 e. The number of aromatic nitrogens is 4. The molecular formula is C10H14N6O2S. The van der Waals surface area contributed by atoms with E-state index in [-0.39, 0.29) is 4.90 Å². The minimum absolute atomic E-state index is 0.0156. The van der Waals surface area contributed by atoms with Crippen LogP contribution in [0.4, 0.5) is 5.95 Å². The van der Waals surface area contributed by atoms with E-state index in [4.69, 9.17) is 0 Å². The zero-order valence-electron chi connectivity index (χ0n) is 10.5. The van der Waals surface area contributed by atoms with Crippen molar-refractivity contribution in [3.05, 3.63) is 30.4 Å². The lowest BCUT2D eigenvalue weighted by atomic mass is 10.2. The van der Waals surface area contributed by atoms with Crippen LogP contribution in [0.25, 0.3) is 0 Å². The van der Waals surface area contributed by atoms with E-state index in [1.807, 2.05) is 0 Å². The van der Waals surface area contributed by atoms with Gasteiger partial charge in [-0.3, -0.25) is 5.10 Å². The lowest BCUT2D eigenvalue weighted by molar-refractivity contribution is 0.566. The maximum atomic E-state index is 12.1. The van der Waals surface area contributed by atoms with E-state index in [0.717, 1.165) is 5.56 Å². The largest absolute Gasteiger partial charge is 0.357 e. The van der Waals surface area contributed by atoms with Crippen LogP contribution in [0.5, 0.6) is 0 Å². The summed E-state index contributed by atoms with van der Waals surface area (Å²) in [7, 11) is -2.00. The van der Waals surface area contributed by atoms with Crippen molar-refractivity contribution in [2.45, 2.75) is 17.9 Å². The molecule has 8 nitrogen and oxygen atoms in total. The summed E-state index contributed by atoms with van der Waals surface area (Å²) in [6, 6.07) is -0.396. The molecule has 0 aliphatic heterocycles. The summed E-state index contributed by atoms with van der Waals surface area (Å²) in [5, 5.41) is 9.13. The Balaban J connectivity index is 2.17. The van der Waals surface area contributed by atoms with Gasteiger partial charge in [0.15, 0.2) is 0 Å². The van der Waals surface area contributed by atoms with Crippen LogP contribution >= 0.6 is 0 Å². The first-order valence-corrected chi connectivity index (χ1v) is 7.02. The molecule has 0 amide bonds. The van der Waals surface area contributed by atoms with Crippen molar-refractivity contribution in [2.75, 3.05) is 12.4 Å². The molecule has 0 aromatic carbocycles. The molecule has 9 heteroatoms. The van der Waals surface area contributed by atoms with Crippen LogP contribution < -0.4 is 10.0 Å². The predicted molar refractivity (Wildman–Crippen MR) is 68.9 cm³/mol. The maximum absolute atomic E-state index is 12.1. The molecule has 3 N–H and O–H groups in total. The molecule has 0 spiro atoms. The van der Waals surface area contributed by atoms with Gasteiger partial charge in [0.25, 0.3) is 0 Å². The third kappa shape index (κ3) is 3.06. The van der Waals surface area contributed by atoms with E-state index in [9.17, 15) is 8.42 Å². The summed E-state index contributed by atoms with van der Waals surface area (Å²) in [5.74, 6) is 0.363. The molecule has 1 atom stereocenters. The van der Waals surface area contributed by atoms with Gasteiger partial charge in [-0.15, -0.1) is 0 Å². The fourth-order valence-corrected chi connectivity index (χ4v) is 2.57. The molecule has 0 fully saturated rings. The molecule has 1 unspecified atom stereocenters. The number of H-pyrrole nitrogens is 1. The summed E-state index contributed by atoms with van der Waals surface area (Å²) >= 11 is 0. The number of aromatic amines is 1. The average molecular weight is 282 g/mol. The fraction of sp³-hybridized carbons (Fsp3) is 0.300. The van der Waals surface area contributed by atoms with Gasteiger partial charge in [-0.05, 0) is 6.92 Å². The summed E-state index contributed by atoms with van der Waals surface area (Å²) in [6.45, 7) is 1.73. The first-order chi connectivity index (χ1) is 9.03. The van der Waals surface area contributed by atoms with E-state index in [1.54, 1.807) is 26.4 Å². The molecular weight excluding hydrogens is 268 g/mol. The topological polar surface area (TPSA) is 113 Å². The van der Waals surface area contributed by atoms with E-state index in [2.05, 4.69) is 30.2 Å². The van der Waals surface area contributed by atoms with Crippen LogP contribution in [0.2, 0.25) is 0 Å². The number of nitrogens with one attached hydrogen (secondary N) is 3. The monoisotopic (exact) mass is 282 g/mol. The standard InChI is InChI=1S/C10H14N6O2S/c1-7(8-3-14-15-4-8)16-19(17,18)9-5-12-10(11-2)13-6-9/h3-7,16H,1-2H3,(H,14,15)(H,11,12,13). The van der Waals surface area contributed by atoms with E-state index in [1.165, 1.54) is 12.4 Å². The minimum atomic E-state index is -3.65. The molecule has 0 bridgehead atoms. The van der Waals surface area contributed by atoms with Crippen LogP contribution in [0, 0.1) is 0 Å². The molecule has 2 heterocycles. The van der Waals surface area contributed by atoms with Gasteiger partial charge in [-0.1, -0.05) is 0 Å². The highest BCUT2D eigenvalue weighted by Crippen LogP contribution is 2.14. The predicted octanol–water partition coefficient (Wildman–Crippen LogP) is 0.281. The second-order valence-corrected chi connectivity index (χ2v) is 5.58.